The highest BCUT2D eigenvalue weighted by atomic mass is 16.7. The molecule has 2 aromatic carbocycles. The molecule has 0 bridgehead atoms. The molecule has 7 heteroatoms. The van der Waals surface area contributed by atoms with E-state index in [9.17, 15) is 9.59 Å². The minimum atomic E-state index is -0.453. The molecule has 0 unspecified atom stereocenters. The van der Waals surface area contributed by atoms with E-state index in [0.717, 1.165) is 21.8 Å². The summed E-state index contributed by atoms with van der Waals surface area (Å²) in [5.74, 6) is -0.905. The predicted molar refractivity (Wildman–Crippen MR) is 121 cm³/mol. The van der Waals surface area contributed by atoms with E-state index >= 15 is 0 Å². The lowest BCUT2D eigenvalue weighted by Gasteiger charge is -2.13. The van der Waals surface area contributed by atoms with Gasteiger partial charge in [0.1, 0.15) is 0 Å². The maximum absolute atomic E-state index is 12.1. The first kappa shape index (κ1) is 23.6. The lowest BCUT2D eigenvalue weighted by molar-refractivity contribution is -0.108. The summed E-state index contributed by atoms with van der Waals surface area (Å²) in [7, 11) is 0. The second-order valence-electron chi connectivity index (χ2n) is 6.93. The van der Waals surface area contributed by atoms with Crippen LogP contribution >= 0.6 is 0 Å². The molecule has 0 spiro atoms. The van der Waals surface area contributed by atoms with Crippen LogP contribution in [0, 0.1) is 0 Å². The molecule has 1 aliphatic rings. The molecule has 32 heavy (non-hydrogen) atoms. The molecule has 0 atom stereocenters. The highest BCUT2D eigenvalue weighted by Crippen LogP contribution is 2.22. The van der Waals surface area contributed by atoms with Crippen LogP contribution in [0.25, 0.3) is 12.2 Å². The molecular weight excluding hydrogens is 410 g/mol. The summed E-state index contributed by atoms with van der Waals surface area (Å²) in [4.78, 5) is 29.6. The summed E-state index contributed by atoms with van der Waals surface area (Å²) >= 11 is 0. The van der Waals surface area contributed by atoms with Gasteiger partial charge in [-0.3, -0.25) is 14.4 Å². The van der Waals surface area contributed by atoms with Crippen molar-refractivity contribution in [3.63, 3.8) is 0 Å². The smallest absolute Gasteiger partial charge is 0.285 e. The highest BCUT2D eigenvalue weighted by molar-refractivity contribution is 6.20. The zero-order chi connectivity index (χ0) is 22.8. The van der Waals surface area contributed by atoms with Gasteiger partial charge in [0.2, 0.25) is 0 Å². The van der Waals surface area contributed by atoms with Crippen molar-refractivity contribution in [1.82, 2.24) is 5.06 Å². The molecule has 0 fully saturated rings. The zero-order valence-corrected chi connectivity index (χ0v) is 18.0. The van der Waals surface area contributed by atoms with E-state index in [1.165, 1.54) is 0 Å². The van der Waals surface area contributed by atoms with Crippen molar-refractivity contribution >= 4 is 24.0 Å². The summed E-state index contributed by atoms with van der Waals surface area (Å²) < 4.78 is 16.5. The van der Waals surface area contributed by atoms with Crippen molar-refractivity contribution < 1.29 is 28.6 Å². The second-order valence-corrected chi connectivity index (χ2v) is 6.93. The number of carbonyl (C=O) groups is 2. The molecule has 3 rings (SSSR count). The molecule has 168 valence electrons. The molecule has 0 aliphatic carbocycles. The van der Waals surface area contributed by atoms with E-state index in [0.29, 0.717) is 44.2 Å². The Bertz CT molecular complexity index is 936. The van der Waals surface area contributed by atoms with Crippen LogP contribution in [-0.2, 0) is 25.7 Å². The molecule has 0 saturated carbocycles. The average Bonchev–Trinajstić information content (AvgIpc) is 3.07. The second kappa shape index (κ2) is 12.1. The SMILES string of the molecule is C=Cc1ccc(COCCOCCOCCON2C(=O)c3ccccc3C2=O)cc1C=C. The fourth-order valence-electron chi connectivity index (χ4n) is 3.18. The Morgan fingerprint density at radius 1 is 0.719 bits per heavy atom. The number of imide groups is 1. The van der Waals surface area contributed by atoms with E-state index < -0.39 is 11.8 Å². The Labute approximate surface area is 187 Å². The molecule has 0 saturated heterocycles. The van der Waals surface area contributed by atoms with Crippen molar-refractivity contribution in [2.75, 3.05) is 39.6 Å². The molecule has 1 aliphatic heterocycles. The Morgan fingerprint density at radius 3 is 1.88 bits per heavy atom. The normalized spacial score (nSPS) is 12.8. The molecule has 0 radical (unpaired) electrons. The van der Waals surface area contributed by atoms with Crippen LogP contribution in [0.5, 0.6) is 0 Å². The van der Waals surface area contributed by atoms with Crippen LogP contribution in [0.3, 0.4) is 0 Å². The van der Waals surface area contributed by atoms with Gasteiger partial charge < -0.3 is 14.2 Å². The summed E-state index contributed by atoms with van der Waals surface area (Å²) in [5, 5.41) is 0.783. The average molecular weight is 437 g/mol. The zero-order valence-electron chi connectivity index (χ0n) is 18.0. The fraction of sp³-hybridized carbons (Fsp3) is 0.280. The molecule has 0 aromatic heterocycles. The minimum absolute atomic E-state index is 0.0892. The molecule has 2 amide bonds. The third-order valence-electron chi connectivity index (χ3n) is 4.81. The van der Waals surface area contributed by atoms with E-state index in [4.69, 9.17) is 19.0 Å². The van der Waals surface area contributed by atoms with Crippen LogP contribution in [0.2, 0.25) is 0 Å². The molecule has 7 nitrogen and oxygen atoms in total. The van der Waals surface area contributed by atoms with Crippen molar-refractivity contribution in [2.24, 2.45) is 0 Å². The topological polar surface area (TPSA) is 74.3 Å². The van der Waals surface area contributed by atoms with Crippen molar-refractivity contribution in [1.29, 1.82) is 0 Å². The lowest BCUT2D eigenvalue weighted by Crippen LogP contribution is -2.31. The van der Waals surface area contributed by atoms with Crippen LogP contribution in [0.1, 0.15) is 37.4 Å². The number of ether oxygens (including phenoxy) is 3. The van der Waals surface area contributed by atoms with Crippen molar-refractivity contribution in [3.8, 4) is 0 Å². The maximum Gasteiger partial charge on any atom is 0.285 e. The van der Waals surface area contributed by atoms with Crippen LogP contribution in [0.4, 0.5) is 0 Å². The highest BCUT2D eigenvalue weighted by Gasteiger charge is 2.36. The summed E-state index contributed by atoms with van der Waals surface area (Å²) in [6.07, 6.45) is 3.60. The van der Waals surface area contributed by atoms with Gasteiger partial charge in [-0.05, 0) is 34.9 Å². The number of rotatable bonds is 14. The Kier molecular flexibility index (Phi) is 8.89. The van der Waals surface area contributed by atoms with Gasteiger partial charge in [0.15, 0.2) is 0 Å². The Hall–Kier alpha value is -3.10. The molecule has 2 aromatic rings. The van der Waals surface area contributed by atoms with Crippen molar-refractivity contribution in [2.45, 2.75) is 6.61 Å². The van der Waals surface area contributed by atoms with Gasteiger partial charge in [0, 0.05) is 0 Å². The van der Waals surface area contributed by atoms with E-state index in [-0.39, 0.29) is 13.2 Å². The number of fused-ring (bicyclic) bond motifs is 1. The predicted octanol–water partition coefficient (Wildman–Crippen LogP) is 3.75. The van der Waals surface area contributed by atoms with E-state index in [1.54, 1.807) is 36.4 Å². The third-order valence-corrected chi connectivity index (χ3v) is 4.81. The first-order chi connectivity index (χ1) is 15.7. The van der Waals surface area contributed by atoms with Gasteiger partial charge in [-0.1, -0.05) is 49.6 Å². The molecule has 0 N–H and O–H groups in total. The van der Waals surface area contributed by atoms with Crippen LogP contribution in [-0.4, -0.2) is 56.5 Å². The number of hydrogen-bond acceptors (Lipinski definition) is 6. The van der Waals surface area contributed by atoms with Gasteiger partial charge in [0.05, 0.1) is 57.4 Å². The van der Waals surface area contributed by atoms with Crippen molar-refractivity contribution in [3.05, 3.63) is 83.4 Å². The number of hydroxylamine groups is 2. The fourth-order valence-corrected chi connectivity index (χ4v) is 3.18. The van der Waals surface area contributed by atoms with E-state index in [2.05, 4.69) is 13.2 Å². The largest absolute Gasteiger partial charge is 0.377 e. The van der Waals surface area contributed by atoms with Gasteiger partial charge in [-0.2, -0.15) is 0 Å². The Balaban J connectivity index is 1.20. The Morgan fingerprint density at radius 2 is 1.28 bits per heavy atom. The first-order valence-corrected chi connectivity index (χ1v) is 10.4. The molecular formula is C25H27NO6. The van der Waals surface area contributed by atoms with Crippen LogP contribution in [0.15, 0.2) is 55.6 Å². The standard InChI is InChI=1S/C25H27NO6/c1-3-20-10-9-19(17-21(20)4-2)18-31-14-13-29-11-12-30-15-16-32-26-24(27)22-7-5-6-8-23(22)25(26)28/h3-10,17H,1-2,11-16,18H2. The van der Waals surface area contributed by atoms with Gasteiger partial charge in [-0.15, -0.1) is 5.06 Å². The monoisotopic (exact) mass is 437 g/mol. The summed E-state index contributed by atoms with van der Waals surface area (Å²) in [5.41, 5.74) is 3.84. The quantitative estimate of drug-likeness (QED) is 0.331. The van der Waals surface area contributed by atoms with Gasteiger partial charge in [-0.25, -0.2) is 0 Å². The third kappa shape index (κ3) is 5.99. The maximum atomic E-state index is 12.1. The summed E-state index contributed by atoms with van der Waals surface area (Å²) in [6, 6.07) is 12.7. The number of nitrogens with zero attached hydrogens (tertiary/aromatic N) is 1. The summed E-state index contributed by atoms with van der Waals surface area (Å²) in [6.45, 7) is 10.1. The lowest BCUT2D eigenvalue weighted by atomic mass is 10.0. The van der Waals surface area contributed by atoms with Gasteiger partial charge in [0.25, 0.3) is 11.8 Å². The number of hydrogen-bond donors (Lipinski definition) is 0. The number of benzene rings is 2. The molecule has 1 heterocycles. The minimum Gasteiger partial charge on any atom is -0.377 e. The number of carbonyl (C=O) groups excluding carboxylic acids is 2. The first-order valence-electron chi connectivity index (χ1n) is 10.4. The van der Waals surface area contributed by atoms with E-state index in [1.807, 2.05) is 18.2 Å². The number of amides is 2. The van der Waals surface area contributed by atoms with Crippen LogP contribution < -0.4 is 0 Å². The van der Waals surface area contributed by atoms with Gasteiger partial charge >= 0.3 is 0 Å².